The minimum Gasteiger partial charge on any atom is -0.378 e. The fraction of sp³-hybridized carbons (Fsp3) is 0.227. The van der Waals surface area contributed by atoms with Crippen LogP contribution in [0, 0.1) is 0 Å². The summed E-state index contributed by atoms with van der Waals surface area (Å²) in [5, 5.41) is 4.69. The number of hydrogen-bond donors (Lipinski definition) is 2. The molecular weight excluding hydrogens is 418 g/mol. The zero-order chi connectivity index (χ0) is 21.7. The molecule has 0 fully saturated rings. The predicted molar refractivity (Wildman–Crippen MR) is 123 cm³/mol. The maximum absolute atomic E-state index is 12.5. The van der Waals surface area contributed by atoms with Gasteiger partial charge in [0.05, 0.1) is 0 Å². The zero-order valence-corrected chi connectivity index (χ0v) is 18.8. The minimum absolute atomic E-state index is 0.0419. The normalized spacial score (nSPS) is 12.2. The van der Waals surface area contributed by atoms with Gasteiger partial charge in [-0.1, -0.05) is 18.2 Å². The highest BCUT2D eigenvalue weighted by atomic mass is 32.2. The van der Waals surface area contributed by atoms with Gasteiger partial charge in [-0.2, -0.15) is 0 Å². The Bertz CT molecular complexity index is 1080. The van der Waals surface area contributed by atoms with Gasteiger partial charge in [0.25, 0.3) is 15.9 Å². The van der Waals surface area contributed by atoms with Crippen LogP contribution in [0.3, 0.4) is 0 Å². The molecule has 3 aromatic rings. The Labute approximate surface area is 181 Å². The molecule has 1 heterocycles. The van der Waals surface area contributed by atoms with Gasteiger partial charge in [0.15, 0.2) is 0 Å². The van der Waals surface area contributed by atoms with Gasteiger partial charge in [-0.3, -0.25) is 9.52 Å². The first kappa shape index (κ1) is 21.9. The largest absolute Gasteiger partial charge is 0.378 e. The van der Waals surface area contributed by atoms with Crippen molar-refractivity contribution in [1.29, 1.82) is 0 Å². The van der Waals surface area contributed by atoms with E-state index in [2.05, 4.69) is 34.3 Å². The number of carbonyl (C=O) groups excluding carboxylic acids is 1. The summed E-state index contributed by atoms with van der Waals surface area (Å²) in [4.78, 5) is 14.6. The van der Waals surface area contributed by atoms with Crippen LogP contribution in [0.15, 0.2) is 70.3 Å². The summed E-state index contributed by atoms with van der Waals surface area (Å²) in [5.41, 5.74) is 3.16. The standard InChI is InChI=1S/C22H25N3O3S2/c1-16(15-17-6-12-20(13-7-17)25(2)3)23-22(26)18-8-10-19(11-9-18)24-30(27,28)21-5-4-14-29-21/h4-14,16,24H,15H2,1-3H3,(H,23,26). The number of nitrogens with zero attached hydrogens (tertiary/aromatic N) is 1. The highest BCUT2D eigenvalue weighted by Gasteiger charge is 2.16. The molecule has 158 valence electrons. The molecule has 0 aliphatic carbocycles. The van der Waals surface area contributed by atoms with Crippen LogP contribution in [0.1, 0.15) is 22.8 Å². The van der Waals surface area contributed by atoms with Crippen molar-refractivity contribution in [3.63, 3.8) is 0 Å². The molecule has 3 rings (SSSR count). The van der Waals surface area contributed by atoms with Gasteiger partial charge in [0, 0.05) is 37.1 Å². The first-order chi connectivity index (χ1) is 14.2. The molecular formula is C22H25N3O3S2. The number of anilines is 2. The third kappa shape index (κ3) is 5.61. The molecule has 0 bridgehead atoms. The van der Waals surface area contributed by atoms with E-state index in [0.29, 0.717) is 11.3 Å². The first-order valence-electron chi connectivity index (χ1n) is 9.48. The van der Waals surface area contributed by atoms with E-state index >= 15 is 0 Å². The summed E-state index contributed by atoms with van der Waals surface area (Å²) < 4.78 is 27.3. The number of carbonyl (C=O) groups is 1. The first-order valence-corrected chi connectivity index (χ1v) is 11.8. The molecule has 6 nitrogen and oxygen atoms in total. The zero-order valence-electron chi connectivity index (χ0n) is 17.1. The summed E-state index contributed by atoms with van der Waals surface area (Å²) in [6, 6.07) is 17.8. The Morgan fingerprint density at radius 1 is 1.03 bits per heavy atom. The Balaban J connectivity index is 1.57. The lowest BCUT2D eigenvalue weighted by atomic mass is 10.1. The second-order valence-corrected chi connectivity index (χ2v) is 10.1. The molecule has 8 heteroatoms. The van der Waals surface area contributed by atoms with E-state index < -0.39 is 10.0 Å². The summed E-state index contributed by atoms with van der Waals surface area (Å²) >= 11 is 1.15. The van der Waals surface area contributed by atoms with Crippen LogP contribution in [0.4, 0.5) is 11.4 Å². The molecule has 1 amide bonds. The number of amides is 1. The van der Waals surface area contributed by atoms with Crippen LogP contribution >= 0.6 is 11.3 Å². The smallest absolute Gasteiger partial charge is 0.271 e. The average molecular weight is 444 g/mol. The third-order valence-corrected chi connectivity index (χ3v) is 7.31. The van der Waals surface area contributed by atoms with Gasteiger partial charge in [0.1, 0.15) is 4.21 Å². The van der Waals surface area contributed by atoms with Crippen molar-refractivity contribution < 1.29 is 13.2 Å². The van der Waals surface area contributed by atoms with E-state index in [9.17, 15) is 13.2 Å². The second-order valence-electron chi connectivity index (χ2n) is 7.25. The Kier molecular flexibility index (Phi) is 6.79. The number of benzene rings is 2. The van der Waals surface area contributed by atoms with E-state index in [1.807, 2.05) is 25.9 Å². The molecule has 0 radical (unpaired) electrons. The van der Waals surface area contributed by atoms with Crippen molar-refractivity contribution in [2.75, 3.05) is 23.7 Å². The lowest BCUT2D eigenvalue weighted by Gasteiger charge is -2.16. The van der Waals surface area contributed by atoms with Crippen molar-refractivity contribution in [3.8, 4) is 0 Å². The van der Waals surface area contributed by atoms with E-state index in [1.54, 1.807) is 41.8 Å². The van der Waals surface area contributed by atoms with Crippen LogP contribution in [0.25, 0.3) is 0 Å². The SMILES string of the molecule is CC(Cc1ccc(N(C)C)cc1)NC(=O)c1ccc(NS(=O)(=O)c2cccs2)cc1. The summed E-state index contributed by atoms with van der Waals surface area (Å²) in [5.74, 6) is -0.194. The maximum Gasteiger partial charge on any atom is 0.271 e. The Morgan fingerprint density at radius 3 is 2.27 bits per heavy atom. The summed E-state index contributed by atoms with van der Waals surface area (Å²) in [6.45, 7) is 1.96. The lowest BCUT2D eigenvalue weighted by Crippen LogP contribution is -2.34. The molecule has 1 atom stereocenters. The van der Waals surface area contributed by atoms with Gasteiger partial charge in [-0.25, -0.2) is 8.42 Å². The predicted octanol–water partition coefficient (Wildman–Crippen LogP) is 3.98. The number of nitrogens with one attached hydrogen (secondary N) is 2. The molecule has 0 aliphatic heterocycles. The van der Waals surface area contributed by atoms with Crippen molar-refractivity contribution >= 4 is 38.6 Å². The molecule has 1 unspecified atom stereocenters. The van der Waals surface area contributed by atoms with E-state index in [4.69, 9.17) is 0 Å². The van der Waals surface area contributed by atoms with Crippen LogP contribution in [0.5, 0.6) is 0 Å². The molecule has 1 aromatic heterocycles. The van der Waals surface area contributed by atoms with Gasteiger partial charge in [-0.15, -0.1) is 11.3 Å². The van der Waals surface area contributed by atoms with Gasteiger partial charge < -0.3 is 10.2 Å². The van der Waals surface area contributed by atoms with Crippen molar-refractivity contribution in [2.24, 2.45) is 0 Å². The van der Waals surface area contributed by atoms with Crippen LogP contribution in [-0.2, 0) is 16.4 Å². The minimum atomic E-state index is -3.60. The van der Waals surface area contributed by atoms with Crippen molar-refractivity contribution in [1.82, 2.24) is 5.32 Å². The van der Waals surface area contributed by atoms with E-state index in [0.717, 1.165) is 29.0 Å². The molecule has 0 saturated heterocycles. The fourth-order valence-corrected chi connectivity index (χ4v) is 5.00. The molecule has 30 heavy (non-hydrogen) atoms. The number of hydrogen-bond acceptors (Lipinski definition) is 5. The van der Waals surface area contributed by atoms with Gasteiger partial charge >= 0.3 is 0 Å². The molecule has 0 aliphatic rings. The number of sulfonamides is 1. The molecule has 2 aromatic carbocycles. The third-order valence-electron chi connectivity index (χ3n) is 4.53. The Hall–Kier alpha value is -2.84. The number of thiophene rings is 1. The average Bonchev–Trinajstić information content (AvgIpc) is 3.24. The fourth-order valence-electron chi connectivity index (χ4n) is 2.95. The van der Waals surface area contributed by atoms with E-state index in [1.165, 1.54) is 0 Å². The number of rotatable bonds is 8. The highest BCUT2D eigenvalue weighted by molar-refractivity contribution is 7.94. The van der Waals surface area contributed by atoms with Gasteiger partial charge in [0.2, 0.25) is 0 Å². The topological polar surface area (TPSA) is 78.5 Å². The van der Waals surface area contributed by atoms with E-state index in [-0.39, 0.29) is 16.2 Å². The summed E-state index contributed by atoms with van der Waals surface area (Å²) in [6.07, 6.45) is 0.720. The van der Waals surface area contributed by atoms with Crippen LogP contribution in [-0.4, -0.2) is 34.5 Å². The van der Waals surface area contributed by atoms with Crippen molar-refractivity contribution in [2.45, 2.75) is 23.6 Å². The van der Waals surface area contributed by atoms with Crippen LogP contribution < -0.4 is 14.9 Å². The monoisotopic (exact) mass is 443 g/mol. The Morgan fingerprint density at radius 2 is 1.70 bits per heavy atom. The maximum atomic E-state index is 12.5. The highest BCUT2D eigenvalue weighted by Crippen LogP contribution is 2.20. The lowest BCUT2D eigenvalue weighted by molar-refractivity contribution is 0.0940. The molecule has 0 spiro atoms. The quantitative estimate of drug-likeness (QED) is 0.552. The molecule has 0 saturated carbocycles. The summed E-state index contributed by atoms with van der Waals surface area (Å²) in [7, 11) is 0.392. The van der Waals surface area contributed by atoms with Crippen LogP contribution in [0.2, 0.25) is 0 Å². The second kappa shape index (κ2) is 9.32. The van der Waals surface area contributed by atoms with Crippen molar-refractivity contribution in [3.05, 3.63) is 77.2 Å². The molecule has 2 N–H and O–H groups in total. The van der Waals surface area contributed by atoms with Gasteiger partial charge in [-0.05, 0) is 66.8 Å².